The molecule has 0 aliphatic heterocycles. The number of furan rings is 1. The lowest BCUT2D eigenvalue weighted by atomic mass is 9.87. The second kappa shape index (κ2) is 4.38. The predicted octanol–water partition coefficient (Wildman–Crippen LogP) is 3.32. The predicted molar refractivity (Wildman–Crippen MR) is 66.7 cm³/mol. The molecule has 0 bridgehead atoms. The zero-order valence-corrected chi connectivity index (χ0v) is 9.78. The summed E-state index contributed by atoms with van der Waals surface area (Å²) in [6.45, 7) is -0.0327. The molecule has 1 aromatic heterocycles. The SMILES string of the molecule is OCc1ccc(-c2cccc3c2CCCC3)o1. The third-order valence-corrected chi connectivity index (χ3v) is 3.48. The van der Waals surface area contributed by atoms with Gasteiger partial charge in [-0.2, -0.15) is 0 Å². The van der Waals surface area contributed by atoms with Crippen LogP contribution in [0.4, 0.5) is 0 Å². The Morgan fingerprint density at radius 3 is 2.76 bits per heavy atom. The molecule has 0 amide bonds. The minimum absolute atomic E-state index is 0.0327. The molecule has 88 valence electrons. The van der Waals surface area contributed by atoms with Gasteiger partial charge in [-0.05, 0) is 48.9 Å². The average molecular weight is 228 g/mol. The molecule has 0 saturated carbocycles. The number of fused-ring (bicyclic) bond motifs is 1. The first-order valence-electron chi connectivity index (χ1n) is 6.19. The number of benzene rings is 1. The van der Waals surface area contributed by atoms with Crippen molar-refractivity contribution in [2.24, 2.45) is 0 Å². The summed E-state index contributed by atoms with van der Waals surface area (Å²) in [5, 5.41) is 9.04. The molecule has 2 heteroatoms. The molecule has 0 fully saturated rings. The maximum absolute atomic E-state index is 9.04. The zero-order chi connectivity index (χ0) is 11.7. The number of aryl methyl sites for hydroxylation is 1. The third-order valence-electron chi connectivity index (χ3n) is 3.48. The monoisotopic (exact) mass is 228 g/mol. The van der Waals surface area contributed by atoms with Crippen LogP contribution in [-0.2, 0) is 19.4 Å². The highest BCUT2D eigenvalue weighted by Gasteiger charge is 2.15. The molecule has 3 rings (SSSR count). The Kier molecular flexibility index (Phi) is 2.73. The summed E-state index contributed by atoms with van der Waals surface area (Å²) in [6.07, 6.45) is 4.87. The van der Waals surface area contributed by atoms with Gasteiger partial charge in [0.1, 0.15) is 18.1 Å². The molecule has 1 aliphatic rings. The first kappa shape index (κ1) is 10.6. The van der Waals surface area contributed by atoms with Gasteiger partial charge in [0.05, 0.1) is 0 Å². The van der Waals surface area contributed by atoms with Crippen molar-refractivity contribution in [1.29, 1.82) is 0 Å². The van der Waals surface area contributed by atoms with Gasteiger partial charge in [0.15, 0.2) is 0 Å². The third kappa shape index (κ3) is 1.89. The lowest BCUT2D eigenvalue weighted by molar-refractivity contribution is 0.248. The van der Waals surface area contributed by atoms with Gasteiger partial charge in [0, 0.05) is 5.56 Å². The molecule has 0 unspecified atom stereocenters. The van der Waals surface area contributed by atoms with Crippen molar-refractivity contribution < 1.29 is 9.52 Å². The van der Waals surface area contributed by atoms with Gasteiger partial charge in [0.2, 0.25) is 0 Å². The van der Waals surface area contributed by atoms with E-state index in [4.69, 9.17) is 9.52 Å². The van der Waals surface area contributed by atoms with Gasteiger partial charge in [-0.25, -0.2) is 0 Å². The van der Waals surface area contributed by atoms with E-state index in [0.717, 1.165) is 12.2 Å². The van der Waals surface area contributed by atoms with E-state index in [9.17, 15) is 0 Å². The fraction of sp³-hybridized carbons (Fsp3) is 0.333. The van der Waals surface area contributed by atoms with Crippen LogP contribution < -0.4 is 0 Å². The molecule has 0 spiro atoms. The summed E-state index contributed by atoms with van der Waals surface area (Å²) in [5.74, 6) is 1.52. The summed E-state index contributed by atoms with van der Waals surface area (Å²) < 4.78 is 5.63. The van der Waals surface area contributed by atoms with E-state index in [1.807, 2.05) is 12.1 Å². The number of hydrogen-bond acceptors (Lipinski definition) is 2. The molecule has 2 nitrogen and oxygen atoms in total. The Balaban J connectivity index is 2.07. The lowest BCUT2D eigenvalue weighted by Gasteiger charge is -2.18. The molecule has 2 aromatic rings. The van der Waals surface area contributed by atoms with Crippen molar-refractivity contribution >= 4 is 0 Å². The Morgan fingerprint density at radius 2 is 1.94 bits per heavy atom. The first-order chi connectivity index (χ1) is 8.38. The van der Waals surface area contributed by atoms with E-state index >= 15 is 0 Å². The van der Waals surface area contributed by atoms with Crippen molar-refractivity contribution in [3.63, 3.8) is 0 Å². The number of aliphatic hydroxyl groups is 1. The summed E-state index contributed by atoms with van der Waals surface area (Å²) in [5.41, 5.74) is 4.08. The topological polar surface area (TPSA) is 33.4 Å². The molecule has 1 aliphatic carbocycles. The summed E-state index contributed by atoms with van der Waals surface area (Å²) in [6, 6.07) is 10.2. The first-order valence-corrected chi connectivity index (χ1v) is 6.19. The Labute approximate surface area is 101 Å². The van der Waals surface area contributed by atoms with Gasteiger partial charge in [0.25, 0.3) is 0 Å². The number of rotatable bonds is 2. The van der Waals surface area contributed by atoms with Crippen LogP contribution in [0.3, 0.4) is 0 Å². The van der Waals surface area contributed by atoms with E-state index in [0.29, 0.717) is 5.76 Å². The largest absolute Gasteiger partial charge is 0.459 e. The van der Waals surface area contributed by atoms with E-state index in [1.165, 1.54) is 36.0 Å². The van der Waals surface area contributed by atoms with Crippen LogP contribution in [0.5, 0.6) is 0 Å². The molecule has 0 atom stereocenters. The highest BCUT2D eigenvalue weighted by Crippen LogP contribution is 2.32. The standard InChI is InChI=1S/C15H16O2/c16-10-12-8-9-15(17-12)14-7-3-5-11-4-1-2-6-13(11)14/h3,5,7-9,16H,1-2,4,6,10H2. The van der Waals surface area contributed by atoms with Crippen LogP contribution in [0.25, 0.3) is 11.3 Å². The van der Waals surface area contributed by atoms with Crippen molar-refractivity contribution in [3.8, 4) is 11.3 Å². The quantitative estimate of drug-likeness (QED) is 0.855. The van der Waals surface area contributed by atoms with Gasteiger partial charge in [-0.15, -0.1) is 0 Å². The van der Waals surface area contributed by atoms with Crippen LogP contribution in [0.2, 0.25) is 0 Å². The minimum Gasteiger partial charge on any atom is -0.459 e. The van der Waals surface area contributed by atoms with E-state index in [1.54, 1.807) is 0 Å². The fourth-order valence-electron chi connectivity index (χ4n) is 2.62. The molecule has 1 aromatic carbocycles. The Bertz CT molecular complexity index is 525. The van der Waals surface area contributed by atoms with Crippen molar-refractivity contribution in [3.05, 3.63) is 47.2 Å². The van der Waals surface area contributed by atoms with Crippen LogP contribution >= 0.6 is 0 Å². The van der Waals surface area contributed by atoms with Gasteiger partial charge < -0.3 is 9.52 Å². The van der Waals surface area contributed by atoms with Crippen molar-refractivity contribution in [2.45, 2.75) is 32.3 Å². The molecule has 0 radical (unpaired) electrons. The van der Waals surface area contributed by atoms with Gasteiger partial charge >= 0.3 is 0 Å². The molecular weight excluding hydrogens is 212 g/mol. The number of aliphatic hydroxyl groups excluding tert-OH is 1. The highest BCUT2D eigenvalue weighted by molar-refractivity contribution is 5.64. The maximum atomic E-state index is 9.04. The molecular formula is C15H16O2. The van der Waals surface area contributed by atoms with Crippen LogP contribution in [0.15, 0.2) is 34.7 Å². The van der Waals surface area contributed by atoms with Gasteiger partial charge in [-0.3, -0.25) is 0 Å². The smallest absolute Gasteiger partial charge is 0.134 e. The molecule has 1 N–H and O–H groups in total. The Morgan fingerprint density at radius 1 is 1.06 bits per heavy atom. The summed E-state index contributed by atoms with van der Waals surface area (Å²) in [7, 11) is 0. The molecule has 0 saturated heterocycles. The highest BCUT2D eigenvalue weighted by atomic mass is 16.4. The second-order valence-corrected chi connectivity index (χ2v) is 4.57. The van der Waals surface area contributed by atoms with Crippen molar-refractivity contribution in [1.82, 2.24) is 0 Å². The van der Waals surface area contributed by atoms with Crippen LogP contribution in [-0.4, -0.2) is 5.11 Å². The van der Waals surface area contributed by atoms with Crippen LogP contribution in [0.1, 0.15) is 29.7 Å². The maximum Gasteiger partial charge on any atom is 0.134 e. The normalized spacial score (nSPS) is 14.6. The zero-order valence-electron chi connectivity index (χ0n) is 9.78. The van der Waals surface area contributed by atoms with Crippen LogP contribution in [0, 0.1) is 0 Å². The Hall–Kier alpha value is -1.54. The second-order valence-electron chi connectivity index (χ2n) is 4.57. The number of hydrogen-bond donors (Lipinski definition) is 1. The average Bonchev–Trinajstić information content (AvgIpc) is 2.87. The fourth-order valence-corrected chi connectivity index (χ4v) is 2.62. The molecule has 1 heterocycles. The molecule has 17 heavy (non-hydrogen) atoms. The summed E-state index contributed by atoms with van der Waals surface area (Å²) in [4.78, 5) is 0. The van der Waals surface area contributed by atoms with Crippen molar-refractivity contribution in [2.75, 3.05) is 0 Å². The van der Waals surface area contributed by atoms with E-state index in [2.05, 4.69) is 18.2 Å². The van der Waals surface area contributed by atoms with E-state index in [-0.39, 0.29) is 6.61 Å². The van der Waals surface area contributed by atoms with E-state index < -0.39 is 0 Å². The van der Waals surface area contributed by atoms with Gasteiger partial charge in [-0.1, -0.05) is 18.2 Å². The lowest BCUT2D eigenvalue weighted by Crippen LogP contribution is -2.03. The minimum atomic E-state index is -0.0327. The summed E-state index contributed by atoms with van der Waals surface area (Å²) >= 11 is 0.